The Morgan fingerprint density at radius 3 is 2.56 bits per heavy atom. The van der Waals surface area contributed by atoms with Gasteiger partial charge in [-0.05, 0) is 66.0 Å². The molecule has 144 valence electrons. The van der Waals surface area contributed by atoms with Gasteiger partial charge in [-0.25, -0.2) is 9.59 Å². The third kappa shape index (κ3) is 5.30. The van der Waals surface area contributed by atoms with Crippen molar-refractivity contribution in [3.05, 3.63) is 57.8 Å². The summed E-state index contributed by atoms with van der Waals surface area (Å²) in [6, 6.07) is 9.35. The summed E-state index contributed by atoms with van der Waals surface area (Å²) in [7, 11) is 1.36. The van der Waals surface area contributed by atoms with Gasteiger partial charge >= 0.3 is 12.0 Å². The Hall–Kier alpha value is -2.38. The van der Waals surface area contributed by atoms with Gasteiger partial charge in [-0.15, -0.1) is 0 Å². The molecule has 0 saturated carbocycles. The van der Waals surface area contributed by atoms with Crippen LogP contribution >= 0.6 is 11.3 Å². The van der Waals surface area contributed by atoms with Gasteiger partial charge in [-0.3, -0.25) is 0 Å². The molecule has 1 aromatic carbocycles. The quantitative estimate of drug-likeness (QED) is 0.748. The summed E-state index contributed by atoms with van der Waals surface area (Å²) in [6.45, 7) is 2.92. The molecule has 2 N–H and O–H groups in total. The largest absolute Gasteiger partial charge is 0.465 e. The lowest BCUT2D eigenvalue weighted by molar-refractivity contribution is 0.0600. The second-order valence-electron chi connectivity index (χ2n) is 6.59. The minimum absolute atomic E-state index is 0.0508. The maximum absolute atomic E-state index is 12.9. The number of esters is 1. The number of carbonyl (C=O) groups is 2. The summed E-state index contributed by atoms with van der Waals surface area (Å²) in [5.74, 6) is -0.363. The van der Waals surface area contributed by atoms with E-state index in [0.29, 0.717) is 18.7 Å². The third-order valence-corrected chi connectivity index (χ3v) is 5.49. The van der Waals surface area contributed by atoms with Gasteiger partial charge in [0, 0.05) is 19.1 Å². The first-order valence-electron chi connectivity index (χ1n) is 9.11. The molecular formula is C20H25N3O3S. The van der Waals surface area contributed by atoms with Crippen LogP contribution in [0.25, 0.3) is 0 Å². The molecule has 2 heterocycles. The molecule has 0 aliphatic carbocycles. The number of methoxy groups -OCH3 is 1. The van der Waals surface area contributed by atoms with Gasteiger partial charge in [0.2, 0.25) is 0 Å². The zero-order valence-electron chi connectivity index (χ0n) is 15.4. The van der Waals surface area contributed by atoms with Crippen molar-refractivity contribution in [2.75, 3.05) is 20.2 Å². The highest BCUT2D eigenvalue weighted by Crippen LogP contribution is 2.18. The molecule has 0 bridgehead atoms. The SMILES string of the molecule is COC(=O)c1ccc(CNC(=O)N(Cc2ccsc2)C2CCNCC2)cc1. The fraction of sp³-hybridized carbons (Fsp3) is 0.400. The number of piperidine rings is 1. The van der Waals surface area contributed by atoms with E-state index in [-0.39, 0.29) is 18.0 Å². The molecule has 7 heteroatoms. The van der Waals surface area contributed by atoms with Gasteiger partial charge in [0.25, 0.3) is 0 Å². The third-order valence-electron chi connectivity index (χ3n) is 4.76. The van der Waals surface area contributed by atoms with Crippen molar-refractivity contribution in [3.8, 4) is 0 Å². The number of urea groups is 1. The molecule has 1 fully saturated rings. The molecule has 1 aliphatic heterocycles. The van der Waals surface area contributed by atoms with E-state index in [4.69, 9.17) is 4.74 Å². The predicted octanol–water partition coefficient (Wildman–Crippen LogP) is 3.00. The monoisotopic (exact) mass is 387 g/mol. The van der Waals surface area contributed by atoms with E-state index in [0.717, 1.165) is 37.1 Å². The van der Waals surface area contributed by atoms with Crippen LogP contribution in [0.3, 0.4) is 0 Å². The van der Waals surface area contributed by atoms with E-state index < -0.39 is 0 Å². The van der Waals surface area contributed by atoms with Crippen molar-refractivity contribution in [3.63, 3.8) is 0 Å². The van der Waals surface area contributed by atoms with Gasteiger partial charge in [-0.1, -0.05) is 12.1 Å². The number of carbonyl (C=O) groups excluding carboxylic acids is 2. The number of hydrogen-bond donors (Lipinski definition) is 2. The number of hydrogen-bond acceptors (Lipinski definition) is 5. The van der Waals surface area contributed by atoms with Gasteiger partial charge in [0.1, 0.15) is 0 Å². The van der Waals surface area contributed by atoms with Crippen molar-refractivity contribution >= 4 is 23.3 Å². The van der Waals surface area contributed by atoms with Gasteiger partial charge in [-0.2, -0.15) is 11.3 Å². The van der Waals surface area contributed by atoms with Crippen molar-refractivity contribution < 1.29 is 14.3 Å². The van der Waals surface area contributed by atoms with Crippen LogP contribution < -0.4 is 10.6 Å². The summed E-state index contributed by atoms with van der Waals surface area (Å²) >= 11 is 1.65. The van der Waals surface area contributed by atoms with Gasteiger partial charge in [0.05, 0.1) is 12.7 Å². The first kappa shape index (κ1) is 19.4. The summed E-state index contributed by atoms with van der Waals surface area (Å²) in [6.07, 6.45) is 1.93. The standard InChI is InChI=1S/C20H25N3O3S/c1-26-19(24)17-4-2-15(3-5-17)12-22-20(25)23(13-16-8-11-27-14-16)18-6-9-21-10-7-18/h2-5,8,11,14,18,21H,6-7,9-10,12-13H2,1H3,(H,22,25). The molecule has 3 rings (SSSR count). The van der Waals surface area contributed by atoms with Crippen LogP contribution in [-0.2, 0) is 17.8 Å². The van der Waals surface area contributed by atoms with Crippen LogP contribution in [0.1, 0.15) is 34.3 Å². The molecule has 27 heavy (non-hydrogen) atoms. The van der Waals surface area contributed by atoms with E-state index in [2.05, 4.69) is 22.1 Å². The molecule has 6 nitrogen and oxygen atoms in total. The van der Waals surface area contributed by atoms with E-state index in [1.54, 1.807) is 23.5 Å². The fourth-order valence-corrected chi connectivity index (χ4v) is 3.88. The summed E-state index contributed by atoms with van der Waals surface area (Å²) in [5.41, 5.74) is 2.61. The lowest BCUT2D eigenvalue weighted by atomic mass is 10.0. The highest BCUT2D eigenvalue weighted by Gasteiger charge is 2.25. The maximum Gasteiger partial charge on any atom is 0.337 e. The van der Waals surface area contributed by atoms with E-state index in [1.165, 1.54) is 7.11 Å². The average molecular weight is 388 g/mol. The number of rotatable bonds is 6. The smallest absolute Gasteiger partial charge is 0.337 e. The van der Waals surface area contributed by atoms with Crippen molar-refractivity contribution in [2.45, 2.75) is 32.0 Å². The summed E-state index contributed by atoms with van der Waals surface area (Å²) in [5, 5.41) is 10.5. The van der Waals surface area contributed by atoms with E-state index in [1.807, 2.05) is 22.4 Å². The Morgan fingerprint density at radius 2 is 1.93 bits per heavy atom. The fourth-order valence-electron chi connectivity index (χ4n) is 3.22. The van der Waals surface area contributed by atoms with Crippen LogP contribution in [0.4, 0.5) is 4.79 Å². The van der Waals surface area contributed by atoms with E-state index in [9.17, 15) is 9.59 Å². The van der Waals surface area contributed by atoms with Crippen molar-refractivity contribution in [1.29, 1.82) is 0 Å². The Kier molecular flexibility index (Phi) is 6.84. The first-order chi connectivity index (χ1) is 13.2. The highest BCUT2D eigenvalue weighted by atomic mass is 32.1. The molecular weight excluding hydrogens is 362 g/mol. The number of amides is 2. The number of nitrogens with one attached hydrogen (secondary N) is 2. The molecule has 0 radical (unpaired) electrons. The van der Waals surface area contributed by atoms with Crippen LogP contribution in [0.5, 0.6) is 0 Å². The molecule has 0 unspecified atom stereocenters. The van der Waals surface area contributed by atoms with Gasteiger partial charge < -0.3 is 20.3 Å². The predicted molar refractivity (Wildman–Crippen MR) is 106 cm³/mol. The van der Waals surface area contributed by atoms with Crippen LogP contribution in [0.15, 0.2) is 41.1 Å². The van der Waals surface area contributed by atoms with E-state index >= 15 is 0 Å². The zero-order valence-corrected chi connectivity index (χ0v) is 16.3. The van der Waals surface area contributed by atoms with Crippen molar-refractivity contribution in [2.24, 2.45) is 0 Å². The Labute approximate surface area is 163 Å². The second-order valence-corrected chi connectivity index (χ2v) is 7.37. The second kappa shape index (κ2) is 9.53. The zero-order chi connectivity index (χ0) is 19.1. The number of ether oxygens (including phenoxy) is 1. The lowest BCUT2D eigenvalue weighted by Crippen LogP contribution is -2.49. The lowest BCUT2D eigenvalue weighted by Gasteiger charge is -2.34. The molecule has 1 aromatic heterocycles. The molecule has 1 aliphatic rings. The first-order valence-corrected chi connectivity index (χ1v) is 10.0. The van der Waals surface area contributed by atoms with Crippen molar-refractivity contribution in [1.82, 2.24) is 15.5 Å². The normalized spacial score (nSPS) is 14.6. The Morgan fingerprint density at radius 1 is 1.19 bits per heavy atom. The molecule has 1 saturated heterocycles. The van der Waals surface area contributed by atoms with Crippen LogP contribution in [0, 0.1) is 0 Å². The molecule has 0 atom stereocenters. The summed E-state index contributed by atoms with van der Waals surface area (Å²) in [4.78, 5) is 26.3. The molecule has 2 amide bonds. The average Bonchev–Trinajstić information content (AvgIpc) is 3.24. The Bertz CT molecular complexity index is 740. The number of nitrogens with zero attached hydrogens (tertiary/aromatic N) is 1. The van der Waals surface area contributed by atoms with Crippen LogP contribution in [-0.4, -0.2) is 43.1 Å². The number of benzene rings is 1. The van der Waals surface area contributed by atoms with Gasteiger partial charge in [0.15, 0.2) is 0 Å². The maximum atomic E-state index is 12.9. The highest BCUT2D eigenvalue weighted by molar-refractivity contribution is 7.07. The minimum atomic E-state index is -0.363. The molecule has 0 spiro atoms. The topological polar surface area (TPSA) is 70.7 Å². The van der Waals surface area contributed by atoms with Crippen LogP contribution in [0.2, 0.25) is 0 Å². The Balaban J connectivity index is 1.62. The number of thiophene rings is 1. The minimum Gasteiger partial charge on any atom is -0.465 e. The summed E-state index contributed by atoms with van der Waals surface area (Å²) < 4.78 is 4.70. The molecule has 2 aromatic rings.